The molecular weight excluding hydrogens is 361 g/mol. The average Bonchev–Trinajstić information content (AvgIpc) is 3.42. The minimum Gasteiger partial charge on any atom is -0.463 e. The summed E-state index contributed by atoms with van der Waals surface area (Å²) >= 11 is 0. The Balaban J connectivity index is 1.73. The van der Waals surface area contributed by atoms with Crippen molar-refractivity contribution in [3.63, 3.8) is 0 Å². The average molecular weight is 373 g/mol. The highest BCUT2D eigenvalue weighted by Gasteiger charge is 2.44. The molecule has 0 spiro atoms. The summed E-state index contributed by atoms with van der Waals surface area (Å²) < 4.78 is 20.2. The molecule has 0 saturated carbocycles. The third kappa shape index (κ3) is 2.30. The van der Waals surface area contributed by atoms with Crippen LogP contribution in [-0.2, 0) is 0 Å². The summed E-state index contributed by atoms with van der Waals surface area (Å²) in [4.78, 5) is 27.4. The summed E-state index contributed by atoms with van der Waals surface area (Å²) in [5.41, 5.74) is 1.52. The van der Waals surface area contributed by atoms with Crippen molar-refractivity contribution < 1.29 is 18.4 Å². The van der Waals surface area contributed by atoms with E-state index in [-0.39, 0.29) is 22.6 Å². The Morgan fingerprint density at radius 3 is 2.25 bits per heavy atom. The highest BCUT2D eigenvalue weighted by atomic mass is 19.1. The Labute approximate surface area is 158 Å². The number of hydrogen-bond acceptors (Lipinski definition) is 4. The van der Waals surface area contributed by atoms with Crippen molar-refractivity contribution >= 4 is 17.5 Å². The molecule has 0 N–H and O–H groups in total. The lowest BCUT2D eigenvalue weighted by atomic mass is 10.1. The zero-order valence-corrected chi connectivity index (χ0v) is 14.4. The first-order valence-electron chi connectivity index (χ1n) is 8.52. The van der Waals surface area contributed by atoms with Crippen LogP contribution < -0.4 is 4.90 Å². The minimum absolute atomic E-state index is 0.145. The zero-order valence-electron chi connectivity index (χ0n) is 14.4. The fourth-order valence-corrected chi connectivity index (χ4v) is 3.29. The van der Waals surface area contributed by atoms with Crippen LogP contribution in [0.4, 0.5) is 10.1 Å². The van der Waals surface area contributed by atoms with E-state index >= 15 is 0 Å². The van der Waals surface area contributed by atoms with Crippen LogP contribution in [0.1, 0.15) is 20.8 Å². The smallest absolute Gasteiger partial charge is 0.284 e. The molecule has 6 nitrogen and oxygen atoms in total. The maximum Gasteiger partial charge on any atom is 0.284 e. The number of amides is 2. The lowest BCUT2D eigenvalue weighted by Crippen LogP contribution is -2.31. The first-order valence-corrected chi connectivity index (χ1v) is 8.52. The summed E-state index contributed by atoms with van der Waals surface area (Å²) in [6, 6.07) is 17.6. The Morgan fingerprint density at radius 1 is 0.821 bits per heavy atom. The third-order valence-electron chi connectivity index (χ3n) is 4.55. The molecule has 1 aliphatic heterocycles. The highest BCUT2D eigenvalue weighted by molar-refractivity contribution is 6.35. The van der Waals surface area contributed by atoms with Crippen LogP contribution in [0.2, 0.25) is 0 Å². The van der Waals surface area contributed by atoms with E-state index in [4.69, 9.17) is 4.42 Å². The van der Waals surface area contributed by atoms with Gasteiger partial charge >= 0.3 is 0 Å². The maximum atomic E-state index is 13.3. The predicted molar refractivity (Wildman–Crippen MR) is 98.8 cm³/mol. The number of halogens is 1. The molecule has 28 heavy (non-hydrogen) atoms. The molecule has 0 fully saturated rings. The molecule has 0 unspecified atom stereocenters. The number of carbonyl (C=O) groups excluding carboxylic acids is 2. The number of imide groups is 1. The second-order valence-corrected chi connectivity index (χ2v) is 6.22. The predicted octanol–water partition coefficient (Wildman–Crippen LogP) is 4.07. The van der Waals surface area contributed by atoms with Crippen molar-refractivity contribution in [1.82, 2.24) is 9.78 Å². The van der Waals surface area contributed by atoms with Gasteiger partial charge in [0.05, 0.1) is 17.6 Å². The van der Waals surface area contributed by atoms with Crippen molar-refractivity contribution in [3.8, 4) is 17.1 Å². The van der Waals surface area contributed by atoms with Crippen molar-refractivity contribution in [3.05, 3.63) is 90.1 Å². The quantitative estimate of drug-likeness (QED) is 0.508. The van der Waals surface area contributed by atoms with Crippen LogP contribution in [0.3, 0.4) is 0 Å². The van der Waals surface area contributed by atoms with Gasteiger partial charge in [0, 0.05) is 0 Å². The summed E-state index contributed by atoms with van der Waals surface area (Å²) in [6.07, 6.45) is 1.47. The van der Waals surface area contributed by atoms with E-state index in [0.717, 1.165) is 4.90 Å². The van der Waals surface area contributed by atoms with Gasteiger partial charge in [0.2, 0.25) is 0 Å². The number of anilines is 1. The molecule has 2 aromatic heterocycles. The van der Waals surface area contributed by atoms with Gasteiger partial charge in [-0.3, -0.25) is 9.59 Å². The van der Waals surface area contributed by atoms with Gasteiger partial charge in [0.15, 0.2) is 5.76 Å². The molecule has 2 amide bonds. The minimum atomic E-state index is -0.528. The number of hydrogen-bond donors (Lipinski definition) is 0. The van der Waals surface area contributed by atoms with E-state index in [2.05, 4.69) is 5.10 Å². The van der Waals surface area contributed by atoms with Gasteiger partial charge in [-0.1, -0.05) is 18.2 Å². The molecule has 0 bridgehead atoms. The second kappa shape index (κ2) is 6.02. The first-order chi connectivity index (χ1) is 13.6. The molecule has 2 aromatic carbocycles. The number of para-hydroxylation sites is 1. The van der Waals surface area contributed by atoms with Gasteiger partial charge in [-0.05, 0) is 48.5 Å². The lowest BCUT2D eigenvalue weighted by molar-refractivity contribution is 0.0922. The maximum absolute atomic E-state index is 13.3. The van der Waals surface area contributed by atoms with E-state index in [1.54, 1.807) is 24.3 Å². The number of carbonyl (C=O) groups is 2. The van der Waals surface area contributed by atoms with Gasteiger partial charge in [0.25, 0.3) is 11.8 Å². The number of rotatable bonds is 3. The summed E-state index contributed by atoms with van der Waals surface area (Å²) in [6.45, 7) is 0. The molecule has 136 valence electrons. The Hall–Kier alpha value is -4.00. The van der Waals surface area contributed by atoms with Gasteiger partial charge in [-0.15, -0.1) is 0 Å². The van der Waals surface area contributed by atoms with Crippen LogP contribution in [-0.4, -0.2) is 21.6 Å². The van der Waals surface area contributed by atoms with Crippen molar-refractivity contribution in [2.24, 2.45) is 0 Å². The molecular formula is C21H12FN3O3. The van der Waals surface area contributed by atoms with E-state index in [1.807, 2.05) is 18.2 Å². The number of nitrogens with zero attached hydrogens (tertiary/aromatic N) is 3. The topological polar surface area (TPSA) is 68.3 Å². The van der Waals surface area contributed by atoms with E-state index < -0.39 is 17.6 Å². The molecule has 0 saturated heterocycles. The lowest BCUT2D eigenvalue weighted by Gasteiger charge is -2.15. The van der Waals surface area contributed by atoms with E-state index in [1.165, 1.54) is 35.2 Å². The van der Waals surface area contributed by atoms with Crippen LogP contribution in [0.5, 0.6) is 0 Å². The third-order valence-corrected chi connectivity index (χ3v) is 4.55. The van der Waals surface area contributed by atoms with Crippen molar-refractivity contribution in [1.29, 1.82) is 0 Å². The highest BCUT2D eigenvalue weighted by Crippen LogP contribution is 2.36. The summed E-state index contributed by atoms with van der Waals surface area (Å²) in [5, 5.41) is 4.48. The second-order valence-electron chi connectivity index (χ2n) is 6.22. The largest absolute Gasteiger partial charge is 0.463 e. The zero-order chi connectivity index (χ0) is 19.3. The van der Waals surface area contributed by atoms with Crippen molar-refractivity contribution in [2.75, 3.05) is 4.90 Å². The fourth-order valence-electron chi connectivity index (χ4n) is 3.29. The first kappa shape index (κ1) is 16.2. The normalized spacial score (nSPS) is 13.2. The number of benzene rings is 2. The molecule has 0 atom stereocenters. The Morgan fingerprint density at radius 2 is 1.57 bits per heavy atom. The van der Waals surface area contributed by atoms with Gasteiger partial charge < -0.3 is 4.42 Å². The summed E-state index contributed by atoms with van der Waals surface area (Å²) in [5.74, 6) is -1.12. The molecule has 4 aromatic rings. The Bertz CT molecular complexity index is 1200. The van der Waals surface area contributed by atoms with Crippen molar-refractivity contribution in [2.45, 2.75) is 0 Å². The molecule has 7 heteroatoms. The fraction of sp³-hybridized carbons (Fsp3) is 0. The van der Waals surface area contributed by atoms with Crippen LogP contribution in [0, 0.1) is 5.82 Å². The molecule has 1 aliphatic rings. The molecule has 0 aliphatic carbocycles. The number of aromatic nitrogens is 2. The number of fused-ring (bicyclic) bond motifs is 1. The van der Waals surface area contributed by atoms with Gasteiger partial charge in [-0.25, -0.2) is 14.0 Å². The van der Waals surface area contributed by atoms with Crippen LogP contribution in [0.15, 0.2) is 77.4 Å². The molecule has 3 heterocycles. The Kier molecular flexibility index (Phi) is 3.48. The molecule has 0 radical (unpaired) electrons. The summed E-state index contributed by atoms with van der Waals surface area (Å²) in [7, 11) is 0. The van der Waals surface area contributed by atoms with Crippen LogP contribution >= 0.6 is 0 Å². The van der Waals surface area contributed by atoms with Crippen LogP contribution in [0.25, 0.3) is 17.1 Å². The SMILES string of the molecule is O=C1c2c(-c3ccco3)nn(-c3ccccc3)c2C(=O)N1c1ccc(F)cc1. The van der Waals surface area contributed by atoms with Gasteiger partial charge in [-0.2, -0.15) is 5.10 Å². The number of furan rings is 1. The molecule has 5 rings (SSSR count). The van der Waals surface area contributed by atoms with E-state index in [9.17, 15) is 14.0 Å². The van der Waals surface area contributed by atoms with Gasteiger partial charge in [0.1, 0.15) is 22.8 Å². The van der Waals surface area contributed by atoms with E-state index in [0.29, 0.717) is 11.4 Å². The standard InChI is InChI=1S/C21H12FN3O3/c22-13-8-10-14(11-9-13)24-20(26)17-18(16-7-4-12-28-16)23-25(19(17)21(24)27)15-5-2-1-3-6-15/h1-12H. The monoisotopic (exact) mass is 373 g/mol.